The van der Waals surface area contributed by atoms with Gasteiger partial charge in [-0.1, -0.05) is 17.7 Å². The van der Waals surface area contributed by atoms with Gasteiger partial charge >= 0.3 is 0 Å². The third-order valence-corrected chi connectivity index (χ3v) is 2.95. The summed E-state index contributed by atoms with van der Waals surface area (Å²) in [5, 5.41) is 19.6. The van der Waals surface area contributed by atoms with Crippen LogP contribution in [0.25, 0.3) is 0 Å². The van der Waals surface area contributed by atoms with Crippen LogP contribution in [0.4, 0.5) is 5.69 Å². The summed E-state index contributed by atoms with van der Waals surface area (Å²) in [6.45, 7) is 0.468. The van der Waals surface area contributed by atoms with E-state index >= 15 is 0 Å². The van der Waals surface area contributed by atoms with Crippen LogP contribution in [0.2, 0.25) is 5.02 Å². The zero-order valence-electron chi connectivity index (χ0n) is 8.67. The minimum Gasteiger partial charge on any atom is -0.389 e. The quantitative estimate of drug-likeness (QED) is 0.634. The fourth-order valence-corrected chi connectivity index (χ4v) is 1.89. The van der Waals surface area contributed by atoms with E-state index in [1.165, 1.54) is 23.1 Å². The van der Waals surface area contributed by atoms with Gasteiger partial charge in [0.25, 0.3) is 11.6 Å². The largest absolute Gasteiger partial charge is 0.389 e. The Morgan fingerprint density at radius 2 is 2.18 bits per heavy atom. The number of carbonyl (C=O) groups excluding carboxylic acids is 1. The number of benzene rings is 1. The molecule has 1 heterocycles. The number of hydrogen-bond acceptors (Lipinski definition) is 4. The second-order valence-electron chi connectivity index (χ2n) is 3.76. The first-order chi connectivity index (χ1) is 8.00. The summed E-state index contributed by atoms with van der Waals surface area (Å²) in [5.41, 5.74) is -0.202. The second-order valence-corrected chi connectivity index (χ2v) is 4.14. The van der Waals surface area contributed by atoms with Gasteiger partial charge in [-0.2, -0.15) is 0 Å². The Morgan fingerprint density at radius 1 is 1.53 bits per heavy atom. The lowest BCUT2D eigenvalue weighted by atomic mass is 10.1. The Balaban J connectivity index is 2.30. The lowest BCUT2D eigenvalue weighted by molar-refractivity contribution is -0.384. The zero-order valence-corrected chi connectivity index (χ0v) is 9.42. The average Bonchev–Trinajstić information content (AvgIpc) is 2.24. The monoisotopic (exact) mass is 256 g/mol. The lowest BCUT2D eigenvalue weighted by Crippen LogP contribution is -2.53. The molecule has 1 fully saturated rings. The fraction of sp³-hybridized carbons (Fsp3) is 0.300. The van der Waals surface area contributed by atoms with Crippen LogP contribution in [-0.2, 0) is 0 Å². The third-order valence-electron chi connectivity index (χ3n) is 2.55. The number of hydrogen-bond donors (Lipinski definition) is 1. The zero-order chi connectivity index (χ0) is 12.6. The SMILES string of the molecule is O=C(c1cccc([N+](=O)[O-])c1Cl)N1CC(O)C1. The molecule has 0 spiro atoms. The maximum atomic E-state index is 11.9. The number of rotatable bonds is 2. The molecule has 6 nitrogen and oxygen atoms in total. The van der Waals surface area contributed by atoms with E-state index in [9.17, 15) is 14.9 Å². The van der Waals surface area contributed by atoms with Crippen molar-refractivity contribution in [3.8, 4) is 0 Å². The Labute approximate surface area is 102 Å². The van der Waals surface area contributed by atoms with Gasteiger partial charge in [0.2, 0.25) is 0 Å². The summed E-state index contributed by atoms with van der Waals surface area (Å²) in [6.07, 6.45) is -0.517. The Bertz CT molecular complexity index is 485. The minimum absolute atomic E-state index is 0.0905. The van der Waals surface area contributed by atoms with Gasteiger partial charge in [-0.25, -0.2) is 0 Å². The number of carbonyl (C=O) groups is 1. The molecule has 0 aliphatic carbocycles. The van der Waals surface area contributed by atoms with Crippen molar-refractivity contribution in [1.82, 2.24) is 4.90 Å². The number of nitrogens with zero attached hydrogens (tertiary/aromatic N) is 2. The molecule has 7 heteroatoms. The van der Waals surface area contributed by atoms with Crippen molar-refractivity contribution in [2.24, 2.45) is 0 Å². The van der Waals surface area contributed by atoms with Gasteiger partial charge < -0.3 is 10.0 Å². The van der Waals surface area contributed by atoms with Crippen LogP contribution in [0.3, 0.4) is 0 Å². The van der Waals surface area contributed by atoms with E-state index < -0.39 is 16.9 Å². The molecule has 0 saturated carbocycles. The Hall–Kier alpha value is -1.66. The van der Waals surface area contributed by atoms with Crippen LogP contribution in [0.15, 0.2) is 18.2 Å². The maximum absolute atomic E-state index is 11.9. The molecule has 1 saturated heterocycles. The molecule has 1 aliphatic rings. The predicted molar refractivity (Wildman–Crippen MR) is 60.0 cm³/mol. The first kappa shape index (κ1) is 11.8. The highest BCUT2D eigenvalue weighted by atomic mass is 35.5. The summed E-state index contributed by atoms with van der Waals surface area (Å²) in [6, 6.07) is 4.08. The Morgan fingerprint density at radius 3 is 2.71 bits per heavy atom. The van der Waals surface area contributed by atoms with Gasteiger partial charge in [0.1, 0.15) is 5.02 Å². The number of aliphatic hydroxyl groups excluding tert-OH is 1. The van der Waals surface area contributed by atoms with Crippen LogP contribution < -0.4 is 0 Å². The molecule has 0 unspecified atom stereocenters. The number of nitro benzene ring substituents is 1. The molecule has 1 amide bonds. The van der Waals surface area contributed by atoms with Crippen LogP contribution >= 0.6 is 11.6 Å². The number of β-amino-alcohol motifs (C(OH)–C–C–N with tert-alkyl or cyclic N) is 1. The number of halogens is 1. The molecule has 1 aromatic rings. The number of likely N-dealkylation sites (tertiary alicyclic amines) is 1. The van der Waals surface area contributed by atoms with Crippen molar-refractivity contribution >= 4 is 23.2 Å². The summed E-state index contributed by atoms with van der Waals surface area (Å²) in [7, 11) is 0. The molecule has 17 heavy (non-hydrogen) atoms. The van der Waals surface area contributed by atoms with Gasteiger partial charge in [-0.05, 0) is 6.07 Å². The average molecular weight is 257 g/mol. The summed E-state index contributed by atoms with van der Waals surface area (Å²) in [5.74, 6) is -0.399. The first-order valence-corrected chi connectivity index (χ1v) is 5.28. The van der Waals surface area contributed by atoms with Crippen molar-refractivity contribution in [1.29, 1.82) is 0 Å². The van der Waals surface area contributed by atoms with E-state index in [0.717, 1.165) is 0 Å². The lowest BCUT2D eigenvalue weighted by Gasteiger charge is -2.35. The first-order valence-electron chi connectivity index (χ1n) is 4.91. The van der Waals surface area contributed by atoms with Crippen molar-refractivity contribution in [3.05, 3.63) is 38.9 Å². The molecule has 0 bridgehead atoms. The van der Waals surface area contributed by atoms with Gasteiger partial charge in [-0.3, -0.25) is 14.9 Å². The van der Waals surface area contributed by atoms with Crippen LogP contribution in [0.5, 0.6) is 0 Å². The maximum Gasteiger partial charge on any atom is 0.288 e. The molecule has 1 N–H and O–H groups in total. The molecule has 90 valence electrons. The third kappa shape index (κ3) is 2.09. The second kappa shape index (κ2) is 4.31. The number of amides is 1. The Kier molecular flexibility index (Phi) is 2.99. The van der Waals surface area contributed by atoms with Crippen molar-refractivity contribution in [2.45, 2.75) is 6.10 Å². The highest BCUT2D eigenvalue weighted by Gasteiger charge is 2.31. The van der Waals surface area contributed by atoms with E-state index in [2.05, 4.69) is 0 Å². The van der Waals surface area contributed by atoms with Crippen molar-refractivity contribution < 1.29 is 14.8 Å². The molecule has 0 aromatic heterocycles. The number of nitro groups is 1. The normalized spacial score (nSPS) is 15.5. The minimum atomic E-state index is -0.635. The topological polar surface area (TPSA) is 83.7 Å². The van der Waals surface area contributed by atoms with E-state index in [1.54, 1.807) is 0 Å². The van der Waals surface area contributed by atoms with E-state index in [-0.39, 0.29) is 29.4 Å². The summed E-state index contributed by atoms with van der Waals surface area (Å²) < 4.78 is 0. The molecule has 1 aromatic carbocycles. The molecule has 1 aliphatic heterocycles. The fourth-order valence-electron chi connectivity index (χ4n) is 1.62. The summed E-state index contributed by atoms with van der Waals surface area (Å²) in [4.78, 5) is 23.3. The highest BCUT2D eigenvalue weighted by molar-refractivity contribution is 6.35. The smallest absolute Gasteiger partial charge is 0.288 e. The summed E-state index contributed by atoms with van der Waals surface area (Å²) >= 11 is 5.81. The van der Waals surface area contributed by atoms with E-state index in [4.69, 9.17) is 16.7 Å². The van der Waals surface area contributed by atoms with E-state index in [1.807, 2.05) is 0 Å². The molecular formula is C10H9ClN2O4. The van der Waals surface area contributed by atoms with Gasteiger partial charge in [0, 0.05) is 19.2 Å². The van der Waals surface area contributed by atoms with E-state index in [0.29, 0.717) is 0 Å². The van der Waals surface area contributed by atoms with Gasteiger partial charge in [0.15, 0.2) is 0 Å². The van der Waals surface area contributed by atoms with Crippen LogP contribution in [-0.4, -0.2) is 40.0 Å². The molecule has 0 radical (unpaired) electrons. The predicted octanol–water partition coefficient (Wildman–Crippen LogP) is 1.06. The molecule has 2 rings (SSSR count). The van der Waals surface area contributed by atoms with Crippen molar-refractivity contribution in [2.75, 3.05) is 13.1 Å². The number of aliphatic hydroxyl groups is 1. The van der Waals surface area contributed by atoms with Gasteiger partial charge in [0.05, 0.1) is 16.6 Å². The molecular weight excluding hydrogens is 248 g/mol. The molecule has 0 atom stereocenters. The highest BCUT2D eigenvalue weighted by Crippen LogP contribution is 2.29. The van der Waals surface area contributed by atoms with Gasteiger partial charge in [-0.15, -0.1) is 0 Å². The van der Waals surface area contributed by atoms with Crippen molar-refractivity contribution in [3.63, 3.8) is 0 Å². The standard InChI is InChI=1S/C10H9ClN2O4/c11-9-7(2-1-3-8(9)13(16)17)10(15)12-4-6(14)5-12/h1-3,6,14H,4-5H2. The van der Waals surface area contributed by atoms with Crippen LogP contribution in [0.1, 0.15) is 10.4 Å². The van der Waals surface area contributed by atoms with Crippen LogP contribution in [0, 0.1) is 10.1 Å².